The molecular formula is C12H14BrFN2O4. The van der Waals surface area contributed by atoms with E-state index >= 15 is 0 Å². The maximum atomic E-state index is 13.6. The number of nitro benzene ring substituents is 1. The van der Waals surface area contributed by atoms with Gasteiger partial charge in [0.05, 0.1) is 15.3 Å². The van der Waals surface area contributed by atoms with E-state index in [0.717, 1.165) is 12.1 Å². The molecule has 6 nitrogen and oxygen atoms in total. The molecule has 0 bridgehead atoms. The molecule has 1 N–H and O–H groups in total. The van der Waals surface area contributed by atoms with Crippen LogP contribution in [0.3, 0.4) is 0 Å². The van der Waals surface area contributed by atoms with E-state index in [1.807, 2.05) is 0 Å². The zero-order valence-electron chi connectivity index (χ0n) is 11.0. The molecule has 0 heterocycles. The fourth-order valence-electron chi connectivity index (χ4n) is 1.73. The molecule has 0 aliphatic carbocycles. The van der Waals surface area contributed by atoms with Gasteiger partial charge in [0, 0.05) is 25.2 Å². The second-order valence-corrected chi connectivity index (χ2v) is 5.14. The SMILES string of the molecule is CCN(CC(C)C(=O)O)c1cc(F)c(Br)cc1[N+](=O)[O-]. The molecule has 0 aliphatic heterocycles. The Labute approximate surface area is 123 Å². The topological polar surface area (TPSA) is 83.7 Å². The predicted molar refractivity (Wildman–Crippen MR) is 75.4 cm³/mol. The lowest BCUT2D eigenvalue weighted by atomic mass is 10.1. The highest BCUT2D eigenvalue weighted by molar-refractivity contribution is 9.10. The Hall–Kier alpha value is -1.70. The van der Waals surface area contributed by atoms with Gasteiger partial charge < -0.3 is 10.0 Å². The summed E-state index contributed by atoms with van der Waals surface area (Å²) in [4.78, 5) is 22.8. The van der Waals surface area contributed by atoms with Crippen molar-refractivity contribution in [3.63, 3.8) is 0 Å². The molecule has 0 fully saturated rings. The second-order valence-electron chi connectivity index (χ2n) is 4.29. The standard InChI is InChI=1S/C12H14BrFN2O4/c1-3-15(6-7(2)12(17)18)10-5-9(14)8(13)4-11(10)16(19)20/h4-5,7H,3,6H2,1-2H3,(H,17,18). The highest BCUT2D eigenvalue weighted by atomic mass is 79.9. The van der Waals surface area contributed by atoms with Crippen LogP contribution in [-0.2, 0) is 4.79 Å². The summed E-state index contributed by atoms with van der Waals surface area (Å²) in [7, 11) is 0. The summed E-state index contributed by atoms with van der Waals surface area (Å²) >= 11 is 2.90. The molecule has 1 aromatic rings. The van der Waals surface area contributed by atoms with Crippen molar-refractivity contribution in [3.8, 4) is 0 Å². The maximum absolute atomic E-state index is 13.6. The number of hydrogen-bond donors (Lipinski definition) is 1. The van der Waals surface area contributed by atoms with Crippen molar-refractivity contribution in [1.29, 1.82) is 0 Å². The molecule has 0 amide bonds. The van der Waals surface area contributed by atoms with Gasteiger partial charge in [-0.25, -0.2) is 4.39 Å². The van der Waals surface area contributed by atoms with Crippen molar-refractivity contribution in [2.75, 3.05) is 18.0 Å². The first-order chi connectivity index (χ1) is 9.27. The lowest BCUT2D eigenvalue weighted by Gasteiger charge is -2.24. The van der Waals surface area contributed by atoms with E-state index in [1.54, 1.807) is 6.92 Å². The van der Waals surface area contributed by atoms with Gasteiger partial charge in [-0.2, -0.15) is 0 Å². The van der Waals surface area contributed by atoms with E-state index in [0.29, 0.717) is 6.54 Å². The summed E-state index contributed by atoms with van der Waals surface area (Å²) < 4.78 is 13.6. The number of carboxylic acid groups (broad SMARTS) is 1. The van der Waals surface area contributed by atoms with Gasteiger partial charge in [0.2, 0.25) is 0 Å². The molecule has 8 heteroatoms. The largest absolute Gasteiger partial charge is 0.481 e. The Bertz CT molecular complexity index is 538. The zero-order valence-corrected chi connectivity index (χ0v) is 12.6. The molecule has 0 radical (unpaired) electrons. The van der Waals surface area contributed by atoms with Crippen molar-refractivity contribution in [2.24, 2.45) is 5.92 Å². The molecule has 0 aliphatic rings. The molecule has 1 atom stereocenters. The zero-order chi connectivity index (χ0) is 15.4. The minimum atomic E-state index is -1.01. The first-order valence-corrected chi connectivity index (χ1v) is 6.68. The summed E-state index contributed by atoms with van der Waals surface area (Å²) in [5.74, 6) is -2.36. The fraction of sp³-hybridized carbons (Fsp3) is 0.417. The third kappa shape index (κ3) is 3.66. The van der Waals surface area contributed by atoms with Gasteiger partial charge in [-0.15, -0.1) is 0 Å². The van der Waals surface area contributed by atoms with E-state index in [4.69, 9.17) is 5.11 Å². The Balaban J connectivity index is 3.23. The summed E-state index contributed by atoms with van der Waals surface area (Å²) in [5.41, 5.74) is -0.191. The molecule has 0 saturated carbocycles. The molecule has 1 rings (SSSR count). The van der Waals surface area contributed by atoms with Gasteiger partial charge in [-0.1, -0.05) is 6.92 Å². The minimum Gasteiger partial charge on any atom is -0.481 e. The molecule has 110 valence electrons. The van der Waals surface area contributed by atoms with Crippen LogP contribution in [0.25, 0.3) is 0 Å². The van der Waals surface area contributed by atoms with Gasteiger partial charge in [0.1, 0.15) is 11.5 Å². The van der Waals surface area contributed by atoms with E-state index in [1.165, 1.54) is 11.8 Å². The number of halogens is 2. The number of benzene rings is 1. The molecule has 1 aromatic carbocycles. The highest BCUT2D eigenvalue weighted by Gasteiger charge is 2.24. The first-order valence-electron chi connectivity index (χ1n) is 5.89. The van der Waals surface area contributed by atoms with Crippen LogP contribution in [0.2, 0.25) is 0 Å². The highest BCUT2D eigenvalue weighted by Crippen LogP contribution is 2.33. The van der Waals surface area contributed by atoms with Crippen LogP contribution in [0.15, 0.2) is 16.6 Å². The lowest BCUT2D eigenvalue weighted by molar-refractivity contribution is -0.384. The molecule has 0 saturated heterocycles. The van der Waals surface area contributed by atoms with Crippen molar-refractivity contribution in [2.45, 2.75) is 13.8 Å². The monoisotopic (exact) mass is 348 g/mol. The van der Waals surface area contributed by atoms with Gasteiger partial charge in [-0.05, 0) is 22.9 Å². The van der Waals surface area contributed by atoms with Crippen molar-refractivity contribution >= 4 is 33.3 Å². The quantitative estimate of drug-likeness (QED) is 0.630. The first kappa shape index (κ1) is 16.4. The third-order valence-corrected chi connectivity index (χ3v) is 3.46. The average molecular weight is 349 g/mol. The summed E-state index contributed by atoms with van der Waals surface area (Å²) in [5, 5.41) is 20.0. The van der Waals surface area contributed by atoms with E-state index in [2.05, 4.69) is 15.9 Å². The average Bonchev–Trinajstić information content (AvgIpc) is 2.38. The molecule has 0 aromatic heterocycles. The van der Waals surface area contributed by atoms with E-state index in [9.17, 15) is 19.3 Å². The lowest BCUT2D eigenvalue weighted by Crippen LogP contribution is -2.32. The van der Waals surface area contributed by atoms with Crippen LogP contribution in [0.5, 0.6) is 0 Å². The number of rotatable bonds is 6. The summed E-state index contributed by atoms with van der Waals surface area (Å²) in [6.07, 6.45) is 0. The minimum absolute atomic E-state index is 0.00436. The normalized spacial score (nSPS) is 12.0. The van der Waals surface area contributed by atoms with Gasteiger partial charge >= 0.3 is 5.97 Å². The van der Waals surface area contributed by atoms with Crippen LogP contribution in [0.1, 0.15) is 13.8 Å². The van der Waals surface area contributed by atoms with Crippen LogP contribution >= 0.6 is 15.9 Å². The fourth-order valence-corrected chi connectivity index (χ4v) is 2.06. The Morgan fingerprint density at radius 1 is 1.60 bits per heavy atom. The van der Waals surface area contributed by atoms with Gasteiger partial charge in [0.15, 0.2) is 0 Å². The summed E-state index contributed by atoms with van der Waals surface area (Å²) in [6, 6.07) is 2.12. The Morgan fingerprint density at radius 3 is 2.65 bits per heavy atom. The van der Waals surface area contributed by atoms with Crippen LogP contribution < -0.4 is 4.90 Å². The molecule has 20 heavy (non-hydrogen) atoms. The van der Waals surface area contributed by atoms with Crippen molar-refractivity contribution in [1.82, 2.24) is 0 Å². The van der Waals surface area contributed by atoms with E-state index < -0.39 is 22.6 Å². The van der Waals surface area contributed by atoms with Crippen molar-refractivity contribution < 1.29 is 19.2 Å². The molecule has 1 unspecified atom stereocenters. The number of anilines is 1. The van der Waals surface area contributed by atoms with Gasteiger partial charge in [-0.3, -0.25) is 14.9 Å². The molecule has 0 spiro atoms. The summed E-state index contributed by atoms with van der Waals surface area (Å²) in [6.45, 7) is 3.61. The number of nitro groups is 1. The third-order valence-electron chi connectivity index (χ3n) is 2.85. The number of carboxylic acids is 1. The van der Waals surface area contributed by atoms with Crippen molar-refractivity contribution in [3.05, 3.63) is 32.5 Å². The number of nitrogens with zero attached hydrogens (tertiary/aromatic N) is 2. The van der Waals surface area contributed by atoms with E-state index in [-0.39, 0.29) is 22.4 Å². The van der Waals surface area contributed by atoms with Gasteiger partial charge in [0.25, 0.3) is 5.69 Å². The predicted octanol–water partition coefficient (Wildman–Crippen LogP) is 3.04. The Kier molecular flexibility index (Phi) is 5.43. The smallest absolute Gasteiger partial charge is 0.308 e. The Morgan fingerprint density at radius 2 is 2.20 bits per heavy atom. The number of aliphatic carboxylic acids is 1. The number of hydrogen-bond acceptors (Lipinski definition) is 4. The molecular weight excluding hydrogens is 335 g/mol. The van der Waals surface area contributed by atoms with Crippen LogP contribution in [0.4, 0.5) is 15.8 Å². The maximum Gasteiger partial charge on any atom is 0.308 e. The van der Waals surface area contributed by atoms with Crippen LogP contribution in [0, 0.1) is 21.8 Å². The van der Waals surface area contributed by atoms with Crippen LogP contribution in [-0.4, -0.2) is 29.1 Å². The second kappa shape index (κ2) is 6.65. The number of carbonyl (C=O) groups is 1.